The normalized spacial score (nSPS) is 15.7. The lowest BCUT2D eigenvalue weighted by Crippen LogP contribution is -2.32. The summed E-state index contributed by atoms with van der Waals surface area (Å²) >= 11 is 0. The summed E-state index contributed by atoms with van der Waals surface area (Å²) in [4.78, 5) is 39.7. The molecule has 0 bridgehead atoms. The number of fused-ring (bicyclic) bond motifs is 1. The van der Waals surface area contributed by atoms with E-state index < -0.39 is 24.0 Å². The van der Waals surface area contributed by atoms with E-state index in [0.717, 1.165) is 11.3 Å². The molecule has 7 heteroatoms. The van der Waals surface area contributed by atoms with Crippen LogP contribution in [-0.4, -0.2) is 49.1 Å². The first-order valence-electron chi connectivity index (χ1n) is 13.6. The molecule has 0 aliphatic heterocycles. The van der Waals surface area contributed by atoms with Gasteiger partial charge < -0.3 is 19.5 Å². The second kappa shape index (κ2) is 13.1. The highest BCUT2D eigenvalue weighted by Gasteiger charge is 2.38. The summed E-state index contributed by atoms with van der Waals surface area (Å²) in [5.41, 5.74) is 3.99. The summed E-state index contributed by atoms with van der Waals surface area (Å²) in [5.74, 6) is -1.38. The number of nitrogens with zero attached hydrogens (tertiary/aromatic N) is 1. The molecule has 208 valence electrons. The molecular weight excluding hydrogens is 518 g/mol. The smallest absolute Gasteiger partial charge is 0.338 e. The number of esters is 2. The van der Waals surface area contributed by atoms with Crippen molar-refractivity contribution in [2.75, 3.05) is 31.2 Å². The Morgan fingerprint density at radius 1 is 0.683 bits per heavy atom. The molecule has 5 rings (SSSR count). The molecule has 2 unspecified atom stereocenters. The third kappa shape index (κ3) is 6.70. The van der Waals surface area contributed by atoms with Gasteiger partial charge in [0.25, 0.3) is 0 Å². The molecule has 0 saturated heterocycles. The number of benzene rings is 4. The van der Waals surface area contributed by atoms with Crippen molar-refractivity contribution in [3.05, 3.63) is 137 Å². The van der Waals surface area contributed by atoms with Crippen molar-refractivity contribution in [1.29, 1.82) is 0 Å². The quantitative estimate of drug-likeness (QED) is 0.254. The van der Waals surface area contributed by atoms with Gasteiger partial charge in [0.1, 0.15) is 13.2 Å². The van der Waals surface area contributed by atoms with Crippen LogP contribution in [0.4, 0.5) is 5.69 Å². The molecule has 0 spiro atoms. The van der Waals surface area contributed by atoms with E-state index in [4.69, 9.17) is 9.47 Å². The van der Waals surface area contributed by atoms with E-state index in [1.165, 1.54) is 0 Å². The SMILES string of the molecule is O=C(OCCN(CCOC(=O)c1ccccc1)c1ccc(CC2C(=O)c3ccccc3C2O)cc1)c1ccccc1. The number of hydrogen-bond donors (Lipinski definition) is 1. The summed E-state index contributed by atoms with van der Waals surface area (Å²) in [6, 6.07) is 32.5. The molecule has 0 fully saturated rings. The number of aliphatic hydroxyl groups is 1. The van der Waals surface area contributed by atoms with Crippen LogP contribution in [0.3, 0.4) is 0 Å². The van der Waals surface area contributed by atoms with Crippen molar-refractivity contribution in [3.8, 4) is 0 Å². The number of ketones is 1. The molecule has 1 aliphatic carbocycles. The second-order valence-electron chi connectivity index (χ2n) is 9.86. The minimum atomic E-state index is -0.825. The van der Waals surface area contributed by atoms with Crippen LogP contribution in [0, 0.1) is 5.92 Å². The summed E-state index contributed by atoms with van der Waals surface area (Å²) < 4.78 is 11.0. The van der Waals surface area contributed by atoms with Gasteiger partial charge in [-0.25, -0.2) is 9.59 Å². The molecule has 7 nitrogen and oxygen atoms in total. The molecule has 0 radical (unpaired) electrons. The molecule has 0 saturated carbocycles. The Morgan fingerprint density at radius 3 is 1.73 bits per heavy atom. The maximum atomic E-state index is 12.9. The molecule has 41 heavy (non-hydrogen) atoms. The zero-order valence-electron chi connectivity index (χ0n) is 22.5. The van der Waals surface area contributed by atoms with Gasteiger partial charge in [0.15, 0.2) is 5.78 Å². The van der Waals surface area contributed by atoms with E-state index in [1.54, 1.807) is 60.7 Å². The van der Waals surface area contributed by atoms with Crippen molar-refractivity contribution in [2.45, 2.75) is 12.5 Å². The number of ether oxygens (including phenoxy) is 2. The molecule has 2 atom stereocenters. The zero-order chi connectivity index (χ0) is 28.6. The Labute approximate surface area is 239 Å². The fourth-order valence-electron chi connectivity index (χ4n) is 5.02. The summed E-state index contributed by atoms with van der Waals surface area (Å²) in [6.45, 7) is 1.05. The fraction of sp³-hybridized carbons (Fsp3) is 0.206. The van der Waals surface area contributed by atoms with E-state index in [9.17, 15) is 19.5 Å². The Bertz CT molecular complexity index is 1430. The van der Waals surface area contributed by atoms with Crippen LogP contribution < -0.4 is 4.90 Å². The number of hydrogen-bond acceptors (Lipinski definition) is 7. The van der Waals surface area contributed by atoms with E-state index in [0.29, 0.717) is 41.8 Å². The molecule has 0 aromatic heterocycles. The van der Waals surface area contributed by atoms with Crippen molar-refractivity contribution >= 4 is 23.4 Å². The highest BCUT2D eigenvalue weighted by atomic mass is 16.5. The fourth-order valence-corrected chi connectivity index (χ4v) is 5.02. The van der Waals surface area contributed by atoms with Gasteiger partial charge in [-0.1, -0.05) is 72.8 Å². The van der Waals surface area contributed by atoms with Crippen LogP contribution in [-0.2, 0) is 15.9 Å². The van der Waals surface area contributed by atoms with Gasteiger partial charge in [-0.2, -0.15) is 0 Å². The molecule has 4 aromatic carbocycles. The Balaban J connectivity index is 1.23. The topological polar surface area (TPSA) is 93.1 Å². The van der Waals surface area contributed by atoms with Crippen LogP contribution >= 0.6 is 0 Å². The van der Waals surface area contributed by atoms with Crippen molar-refractivity contribution < 1.29 is 29.0 Å². The highest BCUT2D eigenvalue weighted by Crippen LogP contribution is 2.37. The number of anilines is 1. The third-order valence-electron chi connectivity index (χ3n) is 7.23. The van der Waals surface area contributed by atoms with Crippen LogP contribution in [0.2, 0.25) is 0 Å². The van der Waals surface area contributed by atoms with E-state index >= 15 is 0 Å². The second-order valence-corrected chi connectivity index (χ2v) is 9.86. The van der Waals surface area contributed by atoms with E-state index in [-0.39, 0.29) is 19.0 Å². The Hall–Kier alpha value is -4.75. The van der Waals surface area contributed by atoms with E-state index in [1.807, 2.05) is 53.4 Å². The van der Waals surface area contributed by atoms with Gasteiger partial charge in [0.2, 0.25) is 0 Å². The van der Waals surface area contributed by atoms with Gasteiger partial charge in [0.05, 0.1) is 36.2 Å². The Morgan fingerprint density at radius 2 is 1.20 bits per heavy atom. The van der Waals surface area contributed by atoms with Crippen molar-refractivity contribution in [1.82, 2.24) is 0 Å². The maximum Gasteiger partial charge on any atom is 0.338 e. The third-order valence-corrected chi connectivity index (χ3v) is 7.23. The van der Waals surface area contributed by atoms with Crippen molar-refractivity contribution in [2.24, 2.45) is 5.92 Å². The molecule has 4 aromatic rings. The van der Waals surface area contributed by atoms with Crippen LogP contribution in [0.15, 0.2) is 109 Å². The van der Waals surface area contributed by atoms with Crippen molar-refractivity contribution in [3.63, 3.8) is 0 Å². The van der Waals surface area contributed by atoms with Crippen LogP contribution in [0.1, 0.15) is 48.3 Å². The number of carbonyl (C=O) groups excluding carboxylic acids is 3. The lowest BCUT2D eigenvalue weighted by atomic mass is 9.93. The molecule has 1 N–H and O–H groups in total. The monoisotopic (exact) mass is 549 g/mol. The van der Waals surface area contributed by atoms with Gasteiger partial charge in [-0.3, -0.25) is 4.79 Å². The average Bonchev–Trinajstić information content (AvgIpc) is 3.26. The predicted molar refractivity (Wildman–Crippen MR) is 155 cm³/mol. The van der Waals surface area contributed by atoms with Crippen LogP contribution in [0.25, 0.3) is 0 Å². The van der Waals surface area contributed by atoms with Crippen LogP contribution in [0.5, 0.6) is 0 Å². The standard InChI is InChI=1S/C34H31NO6/c36-31-28-13-7-8-14-29(28)32(37)30(31)23-24-15-17-27(18-16-24)35(19-21-40-33(38)25-9-3-1-4-10-25)20-22-41-34(39)26-11-5-2-6-12-26/h1-18,30-31,36H,19-23H2. The number of aliphatic hydroxyl groups excluding tert-OH is 1. The minimum absolute atomic E-state index is 0.0423. The zero-order valence-corrected chi connectivity index (χ0v) is 22.5. The predicted octanol–water partition coefficient (Wildman–Crippen LogP) is 5.30. The van der Waals surface area contributed by atoms with Gasteiger partial charge in [-0.15, -0.1) is 0 Å². The van der Waals surface area contributed by atoms with Gasteiger partial charge in [-0.05, 0) is 53.9 Å². The molecule has 0 amide bonds. The first-order chi connectivity index (χ1) is 20.0. The first-order valence-corrected chi connectivity index (χ1v) is 13.6. The highest BCUT2D eigenvalue weighted by molar-refractivity contribution is 6.03. The molecule has 1 aliphatic rings. The number of rotatable bonds is 11. The van der Waals surface area contributed by atoms with E-state index in [2.05, 4.69) is 0 Å². The average molecular weight is 550 g/mol. The summed E-state index contributed by atoms with van der Waals surface area (Å²) in [6.07, 6.45) is -0.410. The Kier molecular flexibility index (Phi) is 8.86. The number of carbonyl (C=O) groups is 3. The largest absolute Gasteiger partial charge is 0.460 e. The minimum Gasteiger partial charge on any atom is -0.460 e. The lowest BCUT2D eigenvalue weighted by Gasteiger charge is -2.25. The molecular formula is C34H31NO6. The summed E-state index contributed by atoms with van der Waals surface area (Å²) in [5, 5.41) is 10.8. The molecule has 0 heterocycles. The maximum absolute atomic E-state index is 12.9. The number of Topliss-reactive ketones (excluding diaryl/α,β-unsaturated/α-hetero) is 1. The van der Waals surface area contributed by atoms with Gasteiger partial charge >= 0.3 is 11.9 Å². The van der Waals surface area contributed by atoms with Gasteiger partial charge in [0, 0.05) is 11.3 Å². The first kappa shape index (κ1) is 27.8. The lowest BCUT2D eigenvalue weighted by molar-refractivity contribution is 0.0503. The summed E-state index contributed by atoms with van der Waals surface area (Å²) in [7, 11) is 0.